The Morgan fingerprint density at radius 1 is 1.00 bits per heavy atom. The predicted octanol–water partition coefficient (Wildman–Crippen LogP) is 4.40. The number of benzene rings is 3. The van der Waals surface area contributed by atoms with E-state index in [9.17, 15) is 9.59 Å². The number of carbonyl (C=O) groups is 1. The Kier molecular flexibility index (Phi) is 4.59. The average molecular weight is 425 g/mol. The fourth-order valence-corrected chi connectivity index (χ4v) is 3.70. The Morgan fingerprint density at radius 3 is 2.59 bits per heavy atom. The molecule has 0 fully saturated rings. The van der Waals surface area contributed by atoms with Crippen LogP contribution in [0.25, 0.3) is 33.3 Å². The first kappa shape index (κ1) is 19.4. The van der Waals surface area contributed by atoms with Crippen LogP contribution in [0.3, 0.4) is 0 Å². The molecule has 32 heavy (non-hydrogen) atoms. The maximum absolute atomic E-state index is 12.9. The quantitative estimate of drug-likeness (QED) is 0.339. The molecule has 0 radical (unpaired) electrons. The van der Waals surface area contributed by atoms with Gasteiger partial charge in [0.1, 0.15) is 22.9 Å². The fraction of sp³-hybridized carbons (Fsp3) is 0.0417. The molecule has 0 atom stereocenters. The second kappa shape index (κ2) is 7.59. The number of carbonyl (C=O) groups excluding carboxylic acids is 1. The molecule has 0 unspecified atom stereocenters. The third-order valence-corrected chi connectivity index (χ3v) is 5.05. The number of nitrogens with one attached hydrogen (secondary N) is 3. The molecule has 0 aliphatic heterocycles. The number of para-hydroxylation sites is 2. The van der Waals surface area contributed by atoms with Crippen LogP contribution < -0.4 is 21.3 Å². The van der Waals surface area contributed by atoms with Crippen LogP contribution in [0, 0.1) is 0 Å². The largest absolute Gasteiger partial charge is 0.457 e. The monoisotopic (exact) mass is 425 g/mol. The van der Waals surface area contributed by atoms with Crippen molar-refractivity contribution in [1.29, 1.82) is 0 Å². The van der Waals surface area contributed by atoms with Crippen molar-refractivity contribution in [1.82, 2.24) is 15.0 Å². The molecule has 0 bridgehead atoms. The normalized spacial score (nSPS) is 11.0. The van der Waals surface area contributed by atoms with Crippen LogP contribution in [0.15, 0.2) is 71.5 Å². The van der Waals surface area contributed by atoms with Crippen LogP contribution in [-0.4, -0.2) is 20.9 Å². The second-order valence-electron chi connectivity index (χ2n) is 7.34. The molecular formula is C24H19N5O3. The van der Waals surface area contributed by atoms with E-state index < -0.39 is 0 Å². The molecule has 8 nitrogen and oxygen atoms in total. The van der Waals surface area contributed by atoms with Gasteiger partial charge < -0.3 is 25.8 Å². The van der Waals surface area contributed by atoms with E-state index in [2.05, 4.69) is 20.3 Å². The number of ether oxygens (including phenoxy) is 1. The van der Waals surface area contributed by atoms with Gasteiger partial charge in [0.05, 0.1) is 27.6 Å². The Morgan fingerprint density at radius 2 is 1.78 bits per heavy atom. The summed E-state index contributed by atoms with van der Waals surface area (Å²) in [7, 11) is 0. The molecule has 0 aliphatic rings. The number of rotatable bonds is 4. The summed E-state index contributed by atoms with van der Waals surface area (Å²) in [6, 6.07) is 19.8. The highest BCUT2D eigenvalue weighted by Gasteiger charge is 2.18. The highest BCUT2D eigenvalue weighted by atomic mass is 16.5. The number of imidazole rings is 1. The first-order valence-electron chi connectivity index (χ1n) is 9.95. The van der Waals surface area contributed by atoms with E-state index in [0.717, 1.165) is 11.0 Å². The van der Waals surface area contributed by atoms with Crippen LogP contribution in [-0.2, 0) is 4.79 Å². The van der Waals surface area contributed by atoms with Crippen molar-refractivity contribution in [3.63, 3.8) is 0 Å². The van der Waals surface area contributed by atoms with E-state index in [-0.39, 0.29) is 22.7 Å². The molecule has 0 aliphatic carbocycles. The number of nitrogen functional groups attached to an aromatic ring is 1. The molecule has 2 aromatic heterocycles. The van der Waals surface area contributed by atoms with Gasteiger partial charge in [-0.2, -0.15) is 0 Å². The van der Waals surface area contributed by atoms with Gasteiger partial charge in [0.2, 0.25) is 5.91 Å². The van der Waals surface area contributed by atoms with E-state index in [4.69, 9.17) is 10.5 Å². The van der Waals surface area contributed by atoms with E-state index in [1.54, 1.807) is 42.5 Å². The number of aromatic amines is 2. The smallest absolute Gasteiger partial charge is 0.261 e. The van der Waals surface area contributed by atoms with Crippen molar-refractivity contribution in [2.75, 3.05) is 11.1 Å². The van der Waals surface area contributed by atoms with Crippen molar-refractivity contribution >= 4 is 39.2 Å². The van der Waals surface area contributed by atoms with E-state index in [0.29, 0.717) is 33.9 Å². The molecule has 3 aromatic carbocycles. The van der Waals surface area contributed by atoms with E-state index >= 15 is 0 Å². The molecule has 2 heterocycles. The molecule has 158 valence electrons. The summed E-state index contributed by atoms with van der Waals surface area (Å²) < 4.78 is 6.10. The number of hydrogen-bond acceptors (Lipinski definition) is 5. The minimum Gasteiger partial charge on any atom is -0.457 e. The summed E-state index contributed by atoms with van der Waals surface area (Å²) in [6.07, 6.45) is 0. The van der Waals surface area contributed by atoms with Gasteiger partial charge >= 0.3 is 0 Å². The third-order valence-electron chi connectivity index (χ3n) is 5.05. The number of amides is 1. The van der Waals surface area contributed by atoms with Gasteiger partial charge in [-0.05, 0) is 36.4 Å². The molecule has 5 aromatic rings. The van der Waals surface area contributed by atoms with Crippen LogP contribution in [0.1, 0.15) is 6.92 Å². The number of nitrogens with two attached hydrogens (primary N) is 1. The lowest BCUT2D eigenvalue weighted by molar-refractivity contribution is -0.114. The minimum absolute atomic E-state index is 0.176. The molecule has 0 saturated heterocycles. The standard InChI is InChI=1S/C24H19N5O3/c1-13(30)26-14-6-4-7-15(12-14)32-19-11-5-10-18-20(19)22(25)21(24(31)29-18)23-27-16-8-2-3-9-17(16)28-23/h2-12H,1H3,(H,26,30)(H,27,28)(H3,25,29,31). The van der Waals surface area contributed by atoms with E-state index in [1.807, 2.05) is 24.3 Å². The highest BCUT2D eigenvalue weighted by Crippen LogP contribution is 2.36. The Balaban J connectivity index is 1.64. The van der Waals surface area contributed by atoms with Crippen LogP contribution in [0.2, 0.25) is 0 Å². The Bertz CT molecular complexity index is 1520. The van der Waals surface area contributed by atoms with Crippen LogP contribution in [0.5, 0.6) is 11.5 Å². The molecule has 0 saturated carbocycles. The number of nitrogens with zero attached hydrogens (tertiary/aromatic N) is 1. The van der Waals surface area contributed by atoms with Crippen molar-refractivity contribution in [3.05, 3.63) is 77.1 Å². The molecule has 8 heteroatoms. The summed E-state index contributed by atoms with van der Waals surface area (Å²) in [5.41, 5.74) is 9.36. The van der Waals surface area contributed by atoms with Crippen molar-refractivity contribution in [3.8, 4) is 22.9 Å². The van der Waals surface area contributed by atoms with E-state index in [1.165, 1.54) is 6.92 Å². The highest BCUT2D eigenvalue weighted by molar-refractivity contribution is 6.01. The number of fused-ring (bicyclic) bond motifs is 2. The van der Waals surface area contributed by atoms with Gasteiger partial charge in [-0.3, -0.25) is 9.59 Å². The lowest BCUT2D eigenvalue weighted by Gasteiger charge is -2.13. The first-order valence-corrected chi connectivity index (χ1v) is 9.95. The topological polar surface area (TPSA) is 126 Å². The average Bonchev–Trinajstić information content (AvgIpc) is 3.17. The van der Waals surface area contributed by atoms with Gasteiger partial charge in [-0.1, -0.05) is 24.3 Å². The number of pyridine rings is 1. The molecular weight excluding hydrogens is 406 g/mol. The number of anilines is 2. The lowest BCUT2D eigenvalue weighted by atomic mass is 10.1. The fourth-order valence-electron chi connectivity index (χ4n) is 3.70. The third kappa shape index (κ3) is 3.43. The molecule has 1 amide bonds. The summed E-state index contributed by atoms with van der Waals surface area (Å²) in [5.74, 6) is 1.19. The summed E-state index contributed by atoms with van der Waals surface area (Å²) in [5, 5.41) is 3.29. The van der Waals surface area contributed by atoms with Crippen molar-refractivity contribution in [2.45, 2.75) is 6.92 Å². The van der Waals surface area contributed by atoms with Crippen molar-refractivity contribution in [2.24, 2.45) is 0 Å². The number of hydrogen-bond donors (Lipinski definition) is 4. The Labute approximate surface area is 182 Å². The zero-order valence-corrected chi connectivity index (χ0v) is 17.1. The summed E-state index contributed by atoms with van der Waals surface area (Å²) in [6.45, 7) is 1.44. The predicted molar refractivity (Wildman–Crippen MR) is 125 cm³/mol. The maximum atomic E-state index is 12.9. The number of H-pyrrole nitrogens is 2. The molecule has 5 rings (SSSR count). The second-order valence-corrected chi connectivity index (χ2v) is 7.34. The minimum atomic E-state index is -0.348. The summed E-state index contributed by atoms with van der Waals surface area (Å²) in [4.78, 5) is 34.8. The van der Waals surface area contributed by atoms with Gasteiger partial charge in [0, 0.05) is 18.7 Å². The maximum Gasteiger partial charge on any atom is 0.261 e. The van der Waals surface area contributed by atoms with Gasteiger partial charge in [0.25, 0.3) is 5.56 Å². The van der Waals surface area contributed by atoms with Gasteiger partial charge in [-0.15, -0.1) is 0 Å². The van der Waals surface area contributed by atoms with Crippen molar-refractivity contribution < 1.29 is 9.53 Å². The first-order chi connectivity index (χ1) is 15.5. The van der Waals surface area contributed by atoms with Crippen LogP contribution in [0.4, 0.5) is 11.4 Å². The Hall–Kier alpha value is -4.59. The molecule has 5 N–H and O–H groups in total. The van der Waals surface area contributed by atoms with Crippen LogP contribution >= 0.6 is 0 Å². The zero-order valence-electron chi connectivity index (χ0n) is 17.1. The SMILES string of the molecule is CC(=O)Nc1cccc(Oc2cccc3[nH]c(=O)c(-c4nc5ccccc5[nH]4)c(N)c23)c1. The number of aromatic nitrogens is 3. The van der Waals surface area contributed by atoms with Gasteiger partial charge in [0.15, 0.2) is 0 Å². The lowest BCUT2D eigenvalue weighted by Crippen LogP contribution is -2.13. The molecule has 0 spiro atoms. The zero-order chi connectivity index (χ0) is 22.2. The van der Waals surface area contributed by atoms with Gasteiger partial charge in [-0.25, -0.2) is 4.98 Å². The summed E-state index contributed by atoms with van der Waals surface area (Å²) >= 11 is 0.